The first-order valence-corrected chi connectivity index (χ1v) is 13.3. The third-order valence-corrected chi connectivity index (χ3v) is 7.56. The van der Waals surface area contributed by atoms with E-state index in [0.29, 0.717) is 31.4 Å². The van der Waals surface area contributed by atoms with Crippen LogP contribution in [0.2, 0.25) is 5.02 Å². The molecule has 1 saturated heterocycles. The van der Waals surface area contributed by atoms with Crippen LogP contribution >= 0.6 is 22.9 Å². The number of nitrogens with zero attached hydrogens (tertiary/aromatic N) is 3. The Morgan fingerprint density at radius 1 is 1.17 bits per heavy atom. The van der Waals surface area contributed by atoms with Crippen molar-refractivity contribution in [3.63, 3.8) is 0 Å². The lowest BCUT2D eigenvalue weighted by Gasteiger charge is -2.25. The molecule has 0 radical (unpaired) electrons. The second kappa shape index (κ2) is 10.1. The molecule has 1 atom stereocenters. The number of hydrogen-bond donors (Lipinski definition) is 0. The lowest BCUT2D eigenvalue weighted by Crippen LogP contribution is -2.40. The number of piperidine rings is 1. The first-order valence-electron chi connectivity index (χ1n) is 12.2. The summed E-state index contributed by atoms with van der Waals surface area (Å²) in [6.45, 7) is 7.31. The number of ether oxygens (including phenoxy) is 1. The number of carbonyl (C=O) groups is 1. The fourth-order valence-electron chi connectivity index (χ4n) is 4.65. The minimum absolute atomic E-state index is 0.239. The molecule has 0 amide bonds. The summed E-state index contributed by atoms with van der Waals surface area (Å²) in [5, 5.41) is 0.570. The topological polar surface area (TPSA) is 77.0 Å². The Kier molecular flexibility index (Phi) is 6.90. The van der Waals surface area contributed by atoms with Gasteiger partial charge in [0.1, 0.15) is 5.76 Å². The molecule has 2 aliphatic rings. The summed E-state index contributed by atoms with van der Waals surface area (Å²) in [4.78, 5) is 34.2. The van der Waals surface area contributed by atoms with Crippen LogP contribution in [0.15, 0.2) is 61.9 Å². The number of allylic oxidation sites excluding steroid dienone is 1. The summed E-state index contributed by atoms with van der Waals surface area (Å²) in [5.41, 5.74) is 1.38. The van der Waals surface area contributed by atoms with E-state index < -0.39 is 12.0 Å². The number of furan rings is 1. The van der Waals surface area contributed by atoms with E-state index >= 15 is 0 Å². The molecule has 1 aromatic carbocycles. The third kappa shape index (κ3) is 4.80. The number of carbonyl (C=O) groups excluding carboxylic acids is 1. The van der Waals surface area contributed by atoms with Crippen LogP contribution in [-0.2, 0) is 9.53 Å². The number of rotatable bonds is 5. The van der Waals surface area contributed by atoms with Crippen LogP contribution < -0.4 is 19.8 Å². The SMILES string of the molecule is CC1=C(C(=O)OC(C)C)[C@@H](c2ccc(Cl)cc2)n2c(sc(=Cc3ccc(N4CCCCC4)o3)c2=O)=N1. The molecule has 0 saturated carbocycles. The van der Waals surface area contributed by atoms with Crippen LogP contribution in [0.4, 0.5) is 5.88 Å². The minimum Gasteiger partial charge on any atom is -0.459 e. The largest absolute Gasteiger partial charge is 0.459 e. The first kappa shape index (κ1) is 24.6. The molecule has 0 N–H and O–H groups in total. The van der Waals surface area contributed by atoms with E-state index in [2.05, 4.69) is 9.89 Å². The highest BCUT2D eigenvalue weighted by Crippen LogP contribution is 2.31. The first-order chi connectivity index (χ1) is 17.3. The van der Waals surface area contributed by atoms with Crippen LogP contribution in [-0.4, -0.2) is 29.7 Å². The molecule has 0 bridgehead atoms. The Morgan fingerprint density at radius 2 is 1.89 bits per heavy atom. The summed E-state index contributed by atoms with van der Waals surface area (Å²) in [6, 6.07) is 10.3. The van der Waals surface area contributed by atoms with Gasteiger partial charge in [0, 0.05) is 30.3 Å². The molecule has 3 aromatic rings. The second-order valence-corrected chi connectivity index (χ2v) is 10.8. The van der Waals surface area contributed by atoms with Gasteiger partial charge in [-0.05, 0) is 63.8 Å². The maximum absolute atomic E-state index is 13.7. The van der Waals surface area contributed by atoms with E-state index in [1.807, 2.05) is 24.3 Å². The molecular formula is C27H28ClN3O4S. The third-order valence-electron chi connectivity index (χ3n) is 6.32. The van der Waals surface area contributed by atoms with Crippen LogP contribution in [0.25, 0.3) is 6.08 Å². The van der Waals surface area contributed by atoms with Crippen molar-refractivity contribution in [1.82, 2.24) is 4.57 Å². The highest BCUT2D eigenvalue weighted by Gasteiger charge is 2.33. The monoisotopic (exact) mass is 525 g/mol. The molecule has 0 spiro atoms. The van der Waals surface area contributed by atoms with Gasteiger partial charge in [0.2, 0.25) is 0 Å². The Balaban J connectivity index is 1.60. The molecular weight excluding hydrogens is 498 g/mol. The number of esters is 1. The van der Waals surface area contributed by atoms with Gasteiger partial charge in [-0.1, -0.05) is 35.1 Å². The Bertz CT molecular complexity index is 1490. The average Bonchev–Trinajstić information content (AvgIpc) is 3.43. The van der Waals surface area contributed by atoms with Crippen LogP contribution in [0.3, 0.4) is 0 Å². The second-order valence-electron chi connectivity index (χ2n) is 9.31. The molecule has 0 unspecified atom stereocenters. The zero-order chi connectivity index (χ0) is 25.4. The highest BCUT2D eigenvalue weighted by molar-refractivity contribution is 7.07. The zero-order valence-corrected chi connectivity index (χ0v) is 22.1. The number of fused-ring (bicyclic) bond motifs is 1. The van der Waals surface area contributed by atoms with Crippen molar-refractivity contribution in [2.45, 2.75) is 52.2 Å². The Hall–Kier alpha value is -3.10. The molecule has 2 aliphatic heterocycles. The van der Waals surface area contributed by atoms with E-state index in [-0.39, 0.29) is 11.7 Å². The molecule has 0 aliphatic carbocycles. The fraction of sp³-hybridized carbons (Fsp3) is 0.370. The van der Waals surface area contributed by atoms with Gasteiger partial charge in [-0.15, -0.1) is 0 Å². The number of thiazole rings is 1. The average molecular weight is 526 g/mol. The van der Waals surface area contributed by atoms with E-state index in [4.69, 9.17) is 20.8 Å². The Morgan fingerprint density at radius 3 is 2.58 bits per heavy atom. The van der Waals surface area contributed by atoms with Crippen molar-refractivity contribution in [3.05, 3.63) is 83.7 Å². The van der Waals surface area contributed by atoms with Gasteiger partial charge in [-0.25, -0.2) is 9.79 Å². The quantitative estimate of drug-likeness (QED) is 0.461. The standard InChI is InChI=1S/C27H28ClN3O4S/c1-16(2)34-26(33)23-17(3)29-27-31(24(23)18-7-9-19(28)10-8-18)25(32)21(36-27)15-20-11-12-22(35-20)30-13-5-4-6-14-30/h7-12,15-16,24H,4-6,13-14H2,1-3H3/t24-/m1/s1. The normalized spacial score (nSPS) is 18.4. The molecule has 1 fully saturated rings. The lowest BCUT2D eigenvalue weighted by atomic mass is 9.96. The van der Waals surface area contributed by atoms with E-state index in [9.17, 15) is 9.59 Å². The summed E-state index contributed by atoms with van der Waals surface area (Å²) in [6.07, 6.45) is 5.00. The van der Waals surface area contributed by atoms with Crippen molar-refractivity contribution in [2.75, 3.05) is 18.0 Å². The van der Waals surface area contributed by atoms with Crippen molar-refractivity contribution in [3.8, 4) is 0 Å². The number of aromatic nitrogens is 1. The number of benzene rings is 1. The Labute approximate surface area is 218 Å². The molecule has 7 nitrogen and oxygen atoms in total. The summed E-state index contributed by atoms with van der Waals surface area (Å²) >= 11 is 7.40. The van der Waals surface area contributed by atoms with Crippen molar-refractivity contribution in [1.29, 1.82) is 0 Å². The summed E-state index contributed by atoms with van der Waals surface area (Å²) in [7, 11) is 0. The minimum atomic E-state index is -0.674. The van der Waals surface area contributed by atoms with Crippen molar-refractivity contribution in [2.24, 2.45) is 4.99 Å². The van der Waals surface area contributed by atoms with Gasteiger partial charge >= 0.3 is 5.97 Å². The molecule has 36 heavy (non-hydrogen) atoms. The van der Waals surface area contributed by atoms with Crippen LogP contribution in [0.1, 0.15) is 57.4 Å². The van der Waals surface area contributed by atoms with Crippen molar-refractivity contribution < 1.29 is 13.9 Å². The fourth-order valence-corrected chi connectivity index (χ4v) is 5.81. The lowest BCUT2D eigenvalue weighted by molar-refractivity contribution is -0.143. The molecule has 4 heterocycles. The van der Waals surface area contributed by atoms with Gasteiger partial charge in [-0.3, -0.25) is 9.36 Å². The number of halogens is 1. The smallest absolute Gasteiger partial charge is 0.338 e. The molecule has 5 rings (SSSR count). The van der Waals surface area contributed by atoms with Crippen LogP contribution in [0, 0.1) is 0 Å². The summed E-state index contributed by atoms with van der Waals surface area (Å²) < 4.78 is 13.6. The summed E-state index contributed by atoms with van der Waals surface area (Å²) in [5.74, 6) is 0.944. The van der Waals surface area contributed by atoms with Gasteiger partial charge in [0.25, 0.3) is 5.56 Å². The van der Waals surface area contributed by atoms with E-state index in [0.717, 1.165) is 37.4 Å². The van der Waals surface area contributed by atoms with Crippen LogP contribution in [0.5, 0.6) is 0 Å². The van der Waals surface area contributed by atoms with E-state index in [1.165, 1.54) is 17.8 Å². The maximum Gasteiger partial charge on any atom is 0.338 e. The highest BCUT2D eigenvalue weighted by atomic mass is 35.5. The van der Waals surface area contributed by atoms with Gasteiger partial charge in [-0.2, -0.15) is 0 Å². The molecule has 2 aromatic heterocycles. The maximum atomic E-state index is 13.7. The number of hydrogen-bond acceptors (Lipinski definition) is 7. The predicted molar refractivity (Wildman–Crippen MR) is 141 cm³/mol. The molecule has 188 valence electrons. The molecule has 9 heteroatoms. The van der Waals surface area contributed by atoms with Crippen molar-refractivity contribution >= 4 is 40.9 Å². The predicted octanol–water partition coefficient (Wildman–Crippen LogP) is 4.42. The number of anilines is 1. The van der Waals surface area contributed by atoms with Gasteiger partial charge in [0.15, 0.2) is 10.7 Å². The van der Waals surface area contributed by atoms with Gasteiger partial charge in [0.05, 0.1) is 27.9 Å². The van der Waals surface area contributed by atoms with E-state index in [1.54, 1.807) is 43.5 Å². The van der Waals surface area contributed by atoms with Gasteiger partial charge < -0.3 is 14.1 Å². The zero-order valence-electron chi connectivity index (χ0n) is 20.5.